The Kier molecular flexibility index (Phi) is 12.1. The van der Waals surface area contributed by atoms with Gasteiger partial charge in [0.2, 0.25) is 0 Å². The summed E-state index contributed by atoms with van der Waals surface area (Å²) < 4.78 is 0. The number of hydrogen-bond donors (Lipinski definition) is 0. The zero-order valence-corrected chi connectivity index (χ0v) is 10.4. The van der Waals surface area contributed by atoms with Gasteiger partial charge in [-0.2, -0.15) is 0 Å². The molecule has 0 aliphatic heterocycles. The quantitative estimate of drug-likeness (QED) is 0.424. The van der Waals surface area contributed by atoms with Gasteiger partial charge in [-0.05, 0) is 20.8 Å². The Morgan fingerprint density at radius 2 is 1.00 bits per heavy atom. The minimum absolute atomic E-state index is 0. The van der Waals surface area contributed by atoms with Gasteiger partial charge in [-0.15, -0.1) is 0 Å². The van der Waals surface area contributed by atoms with Gasteiger partial charge in [0.25, 0.3) is 0 Å². The Morgan fingerprint density at radius 1 is 0.833 bits per heavy atom. The Balaban J connectivity index is -0.000000405. The summed E-state index contributed by atoms with van der Waals surface area (Å²) in [5, 5.41) is 0. The largest absolute Gasteiger partial charge is 1.00 e. The van der Waals surface area contributed by atoms with Crippen molar-refractivity contribution in [2.45, 2.75) is 20.8 Å². The fourth-order valence-electron chi connectivity index (χ4n) is 0.859. The molecular weight excluding hydrogens is 189 g/mol. The molecule has 0 atom stereocenters. The van der Waals surface area contributed by atoms with Crippen molar-refractivity contribution in [3.8, 4) is 0 Å². The molecule has 0 N–H and O–H groups in total. The number of rotatable bonds is 3. The van der Waals surface area contributed by atoms with E-state index in [1.54, 1.807) is 0 Å². The van der Waals surface area contributed by atoms with Crippen molar-refractivity contribution in [1.82, 2.24) is 0 Å². The van der Waals surface area contributed by atoms with E-state index < -0.39 is 6.71 Å². The zero-order valence-electron chi connectivity index (χ0n) is 7.68. The number of halogens is 1. The van der Waals surface area contributed by atoms with Crippen LogP contribution in [0.3, 0.4) is 0 Å². The molecule has 0 aromatic carbocycles. The summed E-state index contributed by atoms with van der Waals surface area (Å²) >= 11 is 0. The van der Waals surface area contributed by atoms with E-state index >= 15 is 0 Å². The van der Waals surface area contributed by atoms with Crippen molar-refractivity contribution in [3.05, 3.63) is 0 Å². The summed E-state index contributed by atoms with van der Waals surface area (Å²) in [6, 6.07) is 0. The minimum Gasteiger partial charge on any atom is -1.00 e. The van der Waals surface area contributed by atoms with Gasteiger partial charge < -0.3 is 26.8 Å². The Morgan fingerprint density at radius 3 is 1.00 bits per heavy atom. The summed E-state index contributed by atoms with van der Waals surface area (Å²) in [7, 11) is 0. The molecule has 0 heterocycles. The van der Waals surface area contributed by atoms with E-state index in [0.717, 1.165) is 0 Å². The van der Waals surface area contributed by atoms with Crippen molar-refractivity contribution in [3.63, 3.8) is 0 Å². The summed E-state index contributed by atoms with van der Waals surface area (Å²) in [5.41, 5.74) is -1.12. The number of carbonyl (C=O) groups is 3. The standard InChI is InChI=1S/C6H9BO3.ClH.Na/c1-4(8)7(5(2)9)6(3)10;;/h1-3H3;1H;/q;;+1/p-1. The van der Waals surface area contributed by atoms with Gasteiger partial charge in [0.05, 0.1) is 0 Å². The van der Waals surface area contributed by atoms with Crippen LogP contribution in [0, 0.1) is 0 Å². The summed E-state index contributed by atoms with van der Waals surface area (Å²) in [6.07, 6.45) is 0. The first-order chi connectivity index (χ1) is 4.46. The van der Waals surface area contributed by atoms with E-state index in [0.29, 0.717) is 0 Å². The first-order valence-corrected chi connectivity index (χ1v) is 2.98. The SMILES string of the molecule is CC(=O)B(C(C)=O)C(C)=O.[Cl-].[Na+]. The smallest absolute Gasteiger partial charge is 1.00 e. The van der Waals surface area contributed by atoms with Crippen LogP contribution in [0.25, 0.3) is 0 Å². The van der Waals surface area contributed by atoms with Gasteiger partial charge in [0.15, 0.2) is 0 Å². The molecule has 0 aromatic rings. The number of carbonyl (C=O) groups excluding carboxylic acids is 3. The molecule has 0 aliphatic rings. The van der Waals surface area contributed by atoms with Crippen LogP contribution >= 0.6 is 0 Å². The third-order valence-electron chi connectivity index (χ3n) is 1.22. The summed E-state index contributed by atoms with van der Waals surface area (Å²) in [5.74, 6) is 0. The van der Waals surface area contributed by atoms with Crippen molar-refractivity contribution in [2.75, 3.05) is 0 Å². The summed E-state index contributed by atoms with van der Waals surface area (Å²) in [6.45, 7) is 2.70. The fraction of sp³-hybridized carbons (Fsp3) is 0.500. The molecule has 0 bridgehead atoms. The predicted octanol–water partition coefficient (Wildman–Crippen LogP) is -6.13. The fourth-order valence-corrected chi connectivity index (χ4v) is 0.859. The van der Waals surface area contributed by atoms with Crippen molar-refractivity contribution >= 4 is 23.8 Å². The van der Waals surface area contributed by atoms with Gasteiger partial charge in [-0.3, -0.25) is 0 Å². The molecule has 0 saturated heterocycles. The second kappa shape index (κ2) is 7.99. The Labute approximate surface area is 100 Å². The molecule has 0 spiro atoms. The van der Waals surface area contributed by atoms with Gasteiger partial charge >= 0.3 is 36.3 Å². The van der Waals surface area contributed by atoms with Gasteiger partial charge in [0.1, 0.15) is 17.0 Å². The maximum Gasteiger partial charge on any atom is 1.00 e. The third kappa shape index (κ3) is 5.95. The average Bonchev–Trinajstić information content (AvgIpc) is 1.59. The first kappa shape index (κ1) is 18.2. The average molecular weight is 198 g/mol. The molecule has 0 radical (unpaired) electrons. The molecule has 0 unspecified atom stereocenters. The molecule has 12 heavy (non-hydrogen) atoms. The van der Waals surface area contributed by atoms with E-state index in [1.165, 1.54) is 20.8 Å². The molecule has 3 nitrogen and oxygen atoms in total. The van der Waals surface area contributed by atoms with Crippen LogP contribution < -0.4 is 42.0 Å². The van der Waals surface area contributed by atoms with Crippen LogP contribution in [0.1, 0.15) is 20.8 Å². The minimum atomic E-state index is -1.03. The second-order valence-electron chi connectivity index (χ2n) is 2.26. The molecule has 0 fully saturated rings. The van der Waals surface area contributed by atoms with Crippen LogP contribution in [-0.2, 0) is 14.4 Å². The molecule has 0 saturated carbocycles. The normalized spacial score (nSPS) is 7.25. The third-order valence-corrected chi connectivity index (χ3v) is 1.22. The van der Waals surface area contributed by atoms with Gasteiger partial charge in [-0.1, -0.05) is 0 Å². The zero-order chi connectivity index (χ0) is 8.31. The van der Waals surface area contributed by atoms with Crippen molar-refractivity contribution in [2.24, 2.45) is 0 Å². The molecule has 0 aliphatic carbocycles. The summed E-state index contributed by atoms with van der Waals surface area (Å²) in [4.78, 5) is 31.8. The van der Waals surface area contributed by atoms with Crippen LogP contribution in [0.2, 0.25) is 0 Å². The Bertz CT molecular complexity index is 162. The topological polar surface area (TPSA) is 51.2 Å². The van der Waals surface area contributed by atoms with Crippen molar-refractivity contribution in [1.29, 1.82) is 0 Å². The van der Waals surface area contributed by atoms with Crippen LogP contribution in [-0.4, -0.2) is 23.8 Å². The van der Waals surface area contributed by atoms with E-state index in [-0.39, 0.29) is 59.0 Å². The monoisotopic (exact) mass is 198 g/mol. The van der Waals surface area contributed by atoms with E-state index in [2.05, 4.69) is 0 Å². The number of hydrogen-bond acceptors (Lipinski definition) is 3. The van der Waals surface area contributed by atoms with Crippen LogP contribution in [0.4, 0.5) is 0 Å². The molecule has 0 rings (SSSR count). The second-order valence-corrected chi connectivity index (χ2v) is 2.26. The van der Waals surface area contributed by atoms with E-state index in [4.69, 9.17) is 0 Å². The van der Waals surface area contributed by atoms with Gasteiger partial charge in [-0.25, -0.2) is 0 Å². The first-order valence-electron chi connectivity index (χ1n) is 2.98. The molecule has 62 valence electrons. The molecular formula is C6H9BClNaO3. The van der Waals surface area contributed by atoms with Crippen LogP contribution in [0.15, 0.2) is 0 Å². The molecule has 6 heteroatoms. The molecule has 0 aromatic heterocycles. The predicted molar refractivity (Wildman–Crippen MR) is 37.8 cm³/mol. The van der Waals surface area contributed by atoms with E-state index in [1.807, 2.05) is 0 Å². The molecule has 0 amide bonds. The van der Waals surface area contributed by atoms with Crippen LogP contribution in [0.5, 0.6) is 0 Å². The van der Waals surface area contributed by atoms with Gasteiger partial charge in [0, 0.05) is 0 Å². The Hall–Kier alpha value is 0.365. The maximum atomic E-state index is 10.6. The van der Waals surface area contributed by atoms with Crippen molar-refractivity contribution < 1.29 is 56.3 Å². The maximum absolute atomic E-state index is 10.6. The van der Waals surface area contributed by atoms with E-state index in [9.17, 15) is 14.4 Å².